The first-order chi connectivity index (χ1) is 12.2. The van der Waals surface area contributed by atoms with E-state index in [1.54, 1.807) is 6.92 Å². The van der Waals surface area contributed by atoms with Gasteiger partial charge >= 0.3 is 0 Å². The van der Waals surface area contributed by atoms with Crippen LogP contribution in [-0.2, 0) is 17.6 Å². The van der Waals surface area contributed by atoms with Crippen molar-refractivity contribution in [3.8, 4) is 11.5 Å². The van der Waals surface area contributed by atoms with Gasteiger partial charge in [-0.1, -0.05) is 6.07 Å². The van der Waals surface area contributed by atoms with Crippen LogP contribution < -0.4 is 14.8 Å². The minimum atomic E-state index is -0.562. The molecule has 0 fully saturated rings. The van der Waals surface area contributed by atoms with Crippen molar-refractivity contribution in [3.63, 3.8) is 0 Å². The molecule has 0 saturated heterocycles. The van der Waals surface area contributed by atoms with Crippen molar-refractivity contribution >= 4 is 11.6 Å². The second-order valence-electron chi connectivity index (χ2n) is 6.34. The van der Waals surface area contributed by atoms with Gasteiger partial charge in [0, 0.05) is 5.69 Å². The molecule has 0 bridgehead atoms. The molecule has 0 saturated carbocycles. The highest BCUT2D eigenvalue weighted by Gasteiger charge is 2.16. The fraction of sp³-hybridized carbons (Fsp3) is 0.381. The van der Waals surface area contributed by atoms with E-state index in [0.717, 1.165) is 30.0 Å². The first kappa shape index (κ1) is 17.3. The molecule has 4 nitrogen and oxygen atoms in total. The molecule has 0 heterocycles. The highest BCUT2D eigenvalue weighted by Crippen LogP contribution is 2.26. The first-order valence-electron chi connectivity index (χ1n) is 8.98. The molecule has 0 spiro atoms. The number of carbonyl (C=O) groups excluding carboxylic acids is 1. The Balaban J connectivity index is 1.58. The lowest BCUT2D eigenvalue weighted by atomic mass is 9.92. The highest BCUT2D eigenvalue weighted by molar-refractivity contribution is 5.94. The molecule has 0 aliphatic heterocycles. The van der Waals surface area contributed by atoms with Crippen molar-refractivity contribution in [2.75, 3.05) is 11.9 Å². The molecule has 1 aliphatic carbocycles. The van der Waals surface area contributed by atoms with Crippen LogP contribution in [0.3, 0.4) is 0 Å². The number of anilines is 1. The largest absolute Gasteiger partial charge is 0.494 e. The SMILES string of the molecule is CCOc1ccc(NC(=O)C(C)Oc2ccc3c(c2)CCCC3)cc1. The Morgan fingerprint density at radius 3 is 2.44 bits per heavy atom. The zero-order valence-electron chi connectivity index (χ0n) is 14.9. The average Bonchev–Trinajstić information content (AvgIpc) is 2.63. The molecule has 3 rings (SSSR count). The number of ether oxygens (including phenoxy) is 2. The molecular weight excluding hydrogens is 314 g/mol. The van der Waals surface area contributed by atoms with Crippen LogP contribution in [0.4, 0.5) is 5.69 Å². The zero-order valence-corrected chi connectivity index (χ0v) is 14.9. The summed E-state index contributed by atoms with van der Waals surface area (Å²) in [6, 6.07) is 13.5. The Kier molecular flexibility index (Phi) is 5.59. The maximum atomic E-state index is 12.3. The third-order valence-electron chi connectivity index (χ3n) is 4.43. The maximum Gasteiger partial charge on any atom is 0.265 e. The molecule has 132 valence electrons. The van der Waals surface area contributed by atoms with E-state index in [1.165, 1.54) is 24.0 Å². The van der Waals surface area contributed by atoms with Crippen molar-refractivity contribution in [2.24, 2.45) is 0 Å². The predicted octanol–water partition coefficient (Wildman–Crippen LogP) is 4.37. The van der Waals surface area contributed by atoms with Gasteiger partial charge in [-0.2, -0.15) is 0 Å². The molecule has 2 aromatic rings. The van der Waals surface area contributed by atoms with Gasteiger partial charge in [0.25, 0.3) is 5.91 Å². The molecular formula is C21H25NO3. The normalized spacial score (nSPS) is 14.3. The van der Waals surface area contributed by atoms with Crippen molar-refractivity contribution in [2.45, 2.75) is 45.6 Å². The lowest BCUT2D eigenvalue weighted by Gasteiger charge is -2.19. The second-order valence-corrected chi connectivity index (χ2v) is 6.34. The zero-order chi connectivity index (χ0) is 17.6. The van der Waals surface area contributed by atoms with E-state index >= 15 is 0 Å². The number of hydrogen-bond donors (Lipinski definition) is 1. The van der Waals surface area contributed by atoms with Crippen LogP contribution >= 0.6 is 0 Å². The van der Waals surface area contributed by atoms with E-state index in [2.05, 4.69) is 17.4 Å². The van der Waals surface area contributed by atoms with Crippen molar-refractivity contribution in [1.82, 2.24) is 0 Å². The summed E-state index contributed by atoms with van der Waals surface area (Å²) in [6.07, 6.45) is 4.16. The summed E-state index contributed by atoms with van der Waals surface area (Å²) >= 11 is 0. The van der Waals surface area contributed by atoms with Crippen LogP contribution in [0.25, 0.3) is 0 Å². The molecule has 1 atom stereocenters. The standard InChI is InChI=1S/C21H25NO3/c1-3-24-19-12-9-18(10-13-19)22-21(23)15(2)25-20-11-8-16-6-4-5-7-17(16)14-20/h8-15H,3-7H2,1-2H3,(H,22,23). The second kappa shape index (κ2) is 8.06. The highest BCUT2D eigenvalue weighted by atomic mass is 16.5. The summed E-state index contributed by atoms with van der Waals surface area (Å²) < 4.78 is 11.2. The molecule has 25 heavy (non-hydrogen) atoms. The van der Waals surface area contributed by atoms with E-state index in [4.69, 9.17) is 9.47 Å². The Bertz CT molecular complexity index is 724. The minimum absolute atomic E-state index is 0.165. The number of aryl methyl sites for hydroxylation is 2. The molecule has 1 amide bonds. The van der Waals surface area contributed by atoms with Crippen LogP contribution in [0.1, 0.15) is 37.8 Å². The third-order valence-corrected chi connectivity index (χ3v) is 4.43. The summed E-state index contributed by atoms with van der Waals surface area (Å²) in [5.74, 6) is 1.38. The van der Waals surface area contributed by atoms with E-state index in [0.29, 0.717) is 6.61 Å². The minimum Gasteiger partial charge on any atom is -0.494 e. The van der Waals surface area contributed by atoms with E-state index in [-0.39, 0.29) is 5.91 Å². The fourth-order valence-corrected chi connectivity index (χ4v) is 3.09. The van der Waals surface area contributed by atoms with Gasteiger partial charge < -0.3 is 14.8 Å². The summed E-state index contributed by atoms with van der Waals surface area (Å²) in [4.78, 5) is 12.3. The monoisotopic (exact) mass is 339 g/mol. The third kappa shape index (κ3) is 4.53. The number of nitrogens with one attached hydrogen (secondary N) is 1. The van der Waals surface area contributed by atoms with E-state index in [1.807, 2.05) is 37.3 Å². The summed E-state index contributed by atoms with van der Waals surface area (Å²) in [5.41, 5.74) is 3.49. The molecule has 2 aromatic carbocycles. The van der Waals surface area contributed by atoms with Gasteiger partial charge in [-0.05, 0) is 87.1 Å². The van der Waals surface area contributed by atoms with Crippen LogP contribution in [0.5, 0.6) is 11.5 Å². The summed E-state index contributed by atoms with van der Waals surface area (Å²) in [6.45, 7) is 4.33. The Morgan fingerprint density at radius 2 is 1.72 bits per heavy atom. The number of carbonyl (C=O) groups is 1. The lowest BCUT2D eigenvalue weighted by Crippen LogP contribution is -2.30. The van der Waals surface area contributed by atoms with Crippen LogP contribution in [0.15, 0.2) is 42.5 Å². The maximum absolute atomic E-state index is 12.3. The lowest BCUT2D eigenvalue weighted by molar-refractivity contribution is -0.122. The molecule has 0 radical (unpaired) electrons. The van der Waals surface area contributed by atoms with Gasteiger partial charge in [0.1, 0.15) is 11.5 Å². The van der Waals surface area contributed by atoms with Gasteiger partial charge in [-0.25, -0.2) is 0 Å². The molecule has 1 unspecified atom stereocenters. The van der Waals surface area contributed by atoms with Gasteiger partial charge in [0.15, 0.2) is 6.10 Å². The van der Waals surface area contributed by atoms with Gasteiger partial charge in [0.2, 0.25) is 0 Å². The number of hydrogen-bond acceptors (Lipinski definition) is 3. The Labute approximate surface area is 149 Å². The Hall–Kier alpha value is -2.49. The average molecular weight is 339 g/mol. The fourth-order valence-electron chi connectivity index (χ4n) is 3.09. The number of rotatable bonds is 6. The van der Waals surface area contributed by atoms with Crippen LogP contribution in [0.2, 0.25) is 0 Å². The first-order valence-corrected chi connectivity index (χ1v) is 8.98. The molecule has 4 heteroatoms. The quantitative estimate of drug-likeness (QED) is 0.850. The van der Waals surface area contributed by atoms with Gasteiger partial charge in [-0.3, -0.25) is 4.79 Å². The smallest absolute Gasteiger partial charge is 0.265 e. The number of fused-ring (bicyclic) bond motifs is 1. The van der Waals surface area contributed by atoms with Crippen molar-refractivity contribution < 1.29 is 14.3 Å². The topological polar surface area (TPSA) is 47.6 Å². The van der Waals surface area contributed by atoms with E-state index in [9.17, 15) is 4.79 Å². The molecule has 0 aromatic heterocycles. The van der Waals surface area contributed by atoms with Crippen LogP contribution in [-0.4, -0.2) is 18.6 Å². The molecule has 1 N–H and O–H groups in total. The van der Waals surface area contributed by atoms with Crippen molar-refractivity contribution in [1.29, 1.82) is 0 Å². The van der Waals surface area contributed by atoms with Gasteiger partial charge in [-0.15, -0.1) is 0 Å². The Morgan fingerprint density at radius 1 is 1.04 bits per heavy atom. The number of amides is 1. The summed E-state index contributed by atoms with van der Waals surface area (Å²) in [7, 11) is 0. The van der Waals surface area contributed by atoms with Crippen LogP contribution in [0, 0.1) is 0 Å². The molecule has 1 aliphatic rings. The summed E-state index contributed by atoms with van der Waals surface area (Å²) in [5, 5.41) is 2.87. The van der Waals surface area contributed by atoms with Crippen molar-refractivity contribution in [3.05, 3.63) is 53.6 Å². The van der Waals surface area contributed by atoms with Gasteiger partial charge in [0.05, 0.1) is 6.61 Å². The van der Waals surface area contributed by atoms with E-state index < -0.39 is 6.10 Å². The predicted molar refractivity (Wildman–Crippen MR) is 99.4 cm³/mol. The number of benzene rings is 2.